The number of hydrogen-bond donors (Lipinski definition) is 0. The van der Waals surface area contributed by atoms with Crippen LogP contribution in [0.2, 0.25) is 5.15 Å². The first-order valence-corrected chi connectivity index (χ1v) is 4.53. The molecule has 0 atom stereocenters. The van der Waals surface area contributed by atoms with Gasteiger partial charge in [-0.05, 0) is 38.5 Å². The lowest BCUT2D eigenvalue weighted by Gasteiger charge is -1.97. The third-order valence-electron chi connectivity index (χ3n) is 0.875. The minimum atomic E-state index is -0.364. The van der Waals surface area contributed by atoms with E-state index in [1.807, 2.05) is 22.6 Å². The smallest absolute Gasteiger partial charge is 0.156 e. The molecular formula is C5HBrClFIN. The summed E-state index contributed by atoms with van der Waals surface area (Å²) < 4.78 is 13.6. The van der Waals surface area contributed by atoms with Gasteiger partial charge >= 0.3 is 0 Å². The molecule has 0 aliphatic carbocycles. The molecule has 0 radical (unpaired) electrons. The van der Waals surface area contributed by atoms with Crippen LogP contribution >= 0.6 is 50.1 Å². The average molecular weight is 336 g/mol. The summed E-state index contributed by atoms with van der Waals surface area (Å²) in [4.78, 5) is 3.58. The van der Waals surface area contributed by atoms with E-state index in [9.17, 15) is 4.39 Å². The van der Waals surface area contributed by atoms with E-state index in [0.717, 1.165) is 6.20 Å². The zero-order valence-electron chi connectivity index (χ0n) is 4.54. The Morgan fingerprint density at radius 2 is 2.30 bits per heavy atom. The van der Waals surface area contributed by atoms with Crippen molar-refractivity contribution in [2.24, 2.45) is 0 Å². The van der Waals surface area contributed by atoms with Crippen LogP contribution in [0.1, 0.15) is 0 Å². The van der Waals surface area contributed by atoms with Crippen molar-refractivity contribution in [3.63, 3.8) is 0 Å². The molecule has 0 unspecified atom stereocenters. The van der Waals surface area contributed by atoms with Crippen molar-refractivity contribution >= 4 is 50.1 Å². The lowest BCUT2D eigenvalue weighted by atomic mass is 10.5. The number of aromatic nitrogens is 1. The van der Waals surface area contributed by atoms with Gasteiger partial charge in [0.05, 0.1) is 14.2 Å². The van der Waals surface area contributed by atoms with E-state index >= 15 is 0 Å². The van der Waals surface area contributed by atoms with E-state index in [1.165, 1.54) is 0 Å². The van der Waals surface area contributed by atoms with Gasteiger partial charge in [0.15, 0.2) is 5.82 Å². The second-order valence-electron chi connectivity index (χ2n) is 1.52. The summed E-state index contributed by atoms with van der Waals surface area (Å²) in [5.41, 5.74) is 0. The summed E-state index contributed by atoms with van der Waals surface area (Å²) in [5.74, 6) is -0.364. The highest BCUT2D eigenvalue weighted by molar-refractivity contribution is 14.1. The van der Waals surface area contributed by atoms with E-state index in [4.69, 9.17) is 11.6 Å². The Bertz CT molecular complexity index is 241. The van der Waals surface area contributed by atoms with E-state index < -0.39 is 0 Å². The summed E-state index contributed by atoms with van der Waals surface area (Å²) in [6, 6.07) is 0. The van der Waals surface area contributed by atoms with Crippen LogP contribution in [0, 0.1) is 9.39 Å². The molecular weight excluding hydrogens is 335 g/mol. The summed E-state index contributed by atoms with van der Waals surface area (Å²) in [6.45, 7) is 0. The topological polar surface area (TPSA) is 12.9 Å². The maximum Gasteiger partial charge on any atom is 0.156 e. The molecule has 0 bridgehead atoms. The molecule has 10 heavy (non-hydrogen) atoms. The molecule has 1 aromatic rings. The number of hydrogen-bond acceptors (Lipinski definition) is 1. The fraction of sp³-hybridized carbons (Fsp3) is 0. The standard InChI is InChI=1S/C5HBrClFIN/c6-3-4(9)2(8)1-10-5(3)7/h1H. The Labute approximate surface area is 84.2 Å². The molecule has 1 nitrogen and oxygen atoms in total. The SMILES string of the molecule is Fc1cnc(Cl)c(Br)c1I. The Kier molecular flexibility index (Phi) is 2.88. The number of nitrogens with zero attached hydrogens (tertiary/aromatic N) is 1. The molecule has 0 saturated carbocycles. The van der Waals surface area contributed by atoms with Crippen molar-refractivity contribution in [3.05, 3.63) is 25.2 Å². The van der Waals surface area contributed by atoms with Gasteiger partial charge in [0.2, 0.25) is 0 Å². The molecule has 0 N–H and O–H groups in total. The van der Waals surface area contributed by atoms with Gasteiger partial charge in [-0.1, -0.05) is 11.6 Å². The molecule has 0 aliphatic rings. The maximum absolute atomic E-state index is 12.6. The summed E-state index contributed by atoms with van der Waals surface area (Å²) in [5, 5.41) is 0.283. The summed E-state index contributed by atoms with van der Waals surface area (Å²) in [7, 11) is 0. The third kappa shape index (κ3) is 1.60. The van der Waals surface area contributed by atoms with Crippen LogP contribution in [-0.2, 0) is 0 Å². The third-order valence-corrected chi connectivity index (χ3v) is 3.96. The second-order valence-corrected chi connectivity index (χ2v) is 3.75. The summed E-state index contributed by atoms with van der Waals surface area (Å²) in [6.07, 6.45) is 1.09. The molecule has 1 rings (SSSR count). The predicted octanol–water partition coefficient (Wildman–Crippen LogP) is 3.24. The highest BCUT2D eigenvalue weighted by Gasteiger charge is 2.07. The Morgan fingerprint density at radius 1 is 1.70 bits per heavy atom. The first-order valence-electron chi connectivity index (χ1n) is 2.28. The number of halogens is 4. The van der Waals surface area contributed by atoms with Crippen molar-refractivity contribution in [1.82, 2.24) is 4.98 Å². The number of pyridine rings is 1. The van der Waals surface area contributed by atoms with Gasteiger partial charge in [-0.15, -0.1) is 0 Å². The molecule has 0 aliphatic heterocycles. The van der Waals surface area contributed by atoms with Crippen LogP contribution < -0.4 is 0 Å². The van der Waals surface area contributed by atoms with Crippen LogP contribution in [0.25, 0.3) is 0 Å². The summed E-state index contributed by atoms with van der Waals surface area (Å²) >= 11 is 10.5. The Balaban J connectivity index is 3.34. The fourth-order valence-electron chi connectivity index (χ4n) is 0.422. The average Bonchev–Trinajstić information content (AvgIpc) is 1.93. The molecule has 1 aromatic heterocycles. The van der Waals surface area contributed by atoms with Crippen molar-refractivity contribution in [2.75, 3.05) is 0 Å². The highest BCUT2D eigenvalue weighted by atomic mass is 127. The predicted molar refractivity (Wildman–Crippen MR) is 49.6 cm³/mol. The molecule has 0 saturated heterocycles. The van der Waals surface area contributed by atoms with Gasteiger partial charge in [-0.3, -0.25) is 0 Å². The van der Waals surface area contributed by atoms with Crippen LogP contribution in [0.5, 0.6) is 0 Å². The zero-order valence-corrected chi connectivity index (χ0v) is 9.04. The van der Waals surface area contributed by atoms with Gasteiger partial charge in [0.25, 0.3) is 0 Å². The van der Waals surface area contributed by atoms with Gasteiger partial charge in [-0.25, -0.2) is 9.37 Å². The van der Waals surface area contributed by atoms with Crippen LogP contribution in [-0.4, -0.2) is 4.98 Å². The van der Waals surface area contributed by atoms with Gasteiger partial charge in [0, 0.05) is 0 Å². The minimum Gasteiger partial charge on any atom is -0.240 e. The lowest BCUT2D eigenvalue weighted by molar-refractivity contribution is 0.612. The highest BCUT2D eigenvalue weighted by Crippen LogP contribution is 2.26. The van der Waals surface area contributed by atoms with Crippen molar-refractivity contribution in [3.8, 4) is 0 Å². The molecule has 0 aromatic carbocycles. The van der Waals surface area contributed by atoms with Gasteiger partial charge in [0.1, 0.15) is 5.15 Å². The first-order chi connectivity index (χ1) is 4.63. The molecule has 0 amide bonds. The second kappa shape index (κ2) is 3.32. The Morgan fingerprint density at radius 3 is 2.80 bits per heavy atom. The van der Waals surface area contributed by atoms with Crippen molar-refractivity contribution < 1.29 is 4.39 Å². The van der Waals surface area contributed by atoms with Gasteiger partial charge in [-0.2, -0.15) is 0 Å². The van der Waals surface area contributed by atoms with Crippen LogP contribution in [0.4, 0.5) is 4.39 Å². The molecule has 54 valence electrons. The minimum absolute atomic E-state index is 0.283. The van der Waals surface area contributed by atoms with Crippen LogP contribution in [0.15, 0.2) is 10.7 Å². The van der Waals surface area contributed by atoms with E-state index in [0.29, 0.717) is 8.04 Å². The maximum atomic E-state index is 12.6. The molecule has 5 heteroatoms. The monoisotopic (exact) mass is 335 g/mol. The van der Waals surface area contributed by atoms with Crippen LogP contribution in [0.3, 0.4) is 0 Å². The normalized spacial score (nSPS) is 10.0. The fourth-order valence-corrected chi connectivity index (χ4v) is 1.41. The Hall–Kier alpha value is 0.580. The van der Waals surface area contributed by atoms with E-state index in [-0.39, 0.29) is 11.0 Å². The van der Waals surface area contributed by atoms with E-state index in [2.05, 4.69) is 20.9 Å². The zero-order chi connectivity index (χ0) is 7.72. The van der Waals surface area contributed by atoms with Crippen molar-refractivity contribution in [2.45, 2.75) is 0 Å². The lowest BCUT2D eigenvalue weighted by Crippen LogP contribution is -1.86. The van der Waals surface area contributed by atoms with Crippen molar-refractivity contribution in [1.29, 1.82) is 0 Å². The first kappa shape index (κ1) is 8.67. The molecule has 0 fully saturated rings. The quantitative estimate of drug-likeness (QED) is 0.524. The molecule has 1 heterocycles. The largest absolute Gasteiger partial charge is 0.240 e. The van der Waals surface area contributed by atoms with E-state index in [1.54, 1.807) is 0 Å². The van der Waals surface area contributed by atoms with Gasteiger partial charge < -0.3 is 0 Å². The molecule has 0 spiro atoms. The number of rotatable bonds is 0.